The topological polar surface area (TPSA) is 113 Å². The van der Waals surface area contributed by atoms with Crippen LogP contribution in [0.3, 0.4) is 0 Å². The maximum Gasteiger partial charge on any atom is 0.492 e. The monoisotopic (exact) mass is 403 g/mol. The van der Waals surface area contributed by atoms with Crippen LogP contribution in [0.5, 0.6) is 0 Å². The quantitative estimate of drug-likeness (QED) is 0.731. The van der Waals surface area contributed by atoms with Crippen molar-refractivity contribution in [1.29, 1.82) is 0 Å². The Hall–Kier alpha value is -2.39. The zero-order chi connectivity index (χ0) is 22.0. The summed E-state index contributed by atoms with van der Waals surface area (Å²) in [5, 5.41) is 2.72. The molecule has 0 bridgehead atoms. The molecule has 1 aliphatic heterocycles. The van der Waals surface area contributed by atoms with E-state index in [1.807, 2.05) is 27.7 Å². The molecule has 0 atom stereocenters. The van der Waals surface area contributed by atoms with Crippen LogP contribution in [-0.4, -0.2) is 47.5 Å². The first-order chi connectivity index (χ1) is 13.2. The Morgan fingerprint density at radius 3 is 2.31 bits per heavy atom. The van der Waals surface area contributed by atoms with Gasteiger partial charge in [-0.1, -0.05) is 6.07 Å². The smallest absolute Gasteiger partial charge is 0.444 e. The molecule has 0 aliphatic carbocycles. The lowest BCUT2D eigenvalue weighted by Crippen LogP contribution is -2.41. The summed E-state index contributed by atoms with van der Waals surface area (Å²) >= 11 is 0. The zero-order valence-corrected chi connectivity index (χ0v) is 18.2. The molecule has 2 heterocycles. The summed E-state index contributed by atoms with van der Waals surface area (Å²) in [5.41, 5.74) is 4.87. The Kier molecular flexibility index (Phi) is 6.44. The number of pyridine rings is 1. The third-order valence-corrected chi connectivity index (χ3v) is 4.75. The molecule has 0 spiro atoms. The van der Waals surface area contributed by atoms with Crippen molar-refractivity contribution in [2.75, 3.05) is 6.54 Å². The number of hydrogen-bond donors (Lipinski definition) is 2. The minimum atomic E-state index is -0.700. The number of primary amides is 1. The molecule has 2 rings (SSSR count). The standard InChI is InChI=1S/C20H30BN3O5/c1-18(2,3)27-17(26)23-12-13(21-28-19(4,5)20(6,7)29-21)11-14-9-8-10-15(24-14)16(22)25/h8-11H,12H2,1-7H3,(H2,22,25)(H,23,26). The molecular weight excluding hydrogens is 373 g/mol. The predicted molar refractivity (Wildman–Crippen MR) is 111 cm³/mol. The number of rotatable bonds is 5. The lowest BCUT2D eigenvalue weighted by molar-refractivity contribution is 0.00578. The van der Waals surface area contributed by atoms with Gasteiger partial charge in [0.25, 0.3) is 5.91 Å². The van der Waals surface area contributed by atoms with Gasteiger partial charge in [-0.05, 0) is 72.1 Å². The number of aromatic nitrogens is 1. The molecule has 1 fully saturated rings. The van der Waals surface area contributed by atoms with E-state index in [1.54, 1.807) is 39.0 Å². The summed E-state index contributed by atoms with van der Waals surface area (Å²) in [4.78, 5) is 27.8. The second-order valence-corrected chi connectivity index (χ2v) is 8.97. The van der Waals surface area contributed by atoms with Gasteiger partial charge in [0.05, 0.1) is 16.9 Å². The van der Waals surface area contributed by atoms with Gasteiger partial charge in [-0.15, -0.1) is 0 Å². The van der Waals surface area contributed by atoms with Crippen molar-refractivity contribution >= 4 is 25.2 Å². The Morgan fingerprint density at radius 2 is 1.79 bits per heavy atom. The van der Waals surface area contributed by atoms with E-state index < -0.39 is 35.9 Å². The summed E-state index contributed by atoms with van der Waals surface area (Å²) in [6.45, 7) is 13.3. The molecule has 1 aromatic rings. The third kappa shape index (κ3) is 6.04. The molecule has 0 saturated carbocycles. The summed E-state index contributed by atoms with van der Waals surface area (Å²) < 4.78 is 17.5. The van der Waals surface area contributed by atoms with Crippen LogP contribution in [0.2, 0.25) is 0 Å². The first-order valence-electron chi connectivity index (χ1n) is 9.50. The summed E-state index contributed by atoms with van der Waals surface area (Å²) in [7, 11) is -0.700. The maximum absolute atomic E-state index is 12.1. The number of nitrogens with two attached hydrogens (primary N) is 1. The Morgan fingerprint density at radius 1 is 1.21 bits per heavy atom. The Bertz CT molecular complexity index is 799. The second kappa shape index (κ2) is 8.16. The molecular formula is C20H30BN3O5. The SMILES string of the molecule is CC(C)(C)OC(=O)NCC(=Cc1cccc(C(N)=O)n1)B1OC(C)(C)C(C)(C)O1. The van der Waals surface area contributed by atoms with Crippen LogP contribution in [0.15, 0.2) is 23.7 Å². The average Bonchev–Trinajstić information content (AvgIpc) is 2.77. The number of carbonyl (C=O) groups excluding carboxylic acids is 2. The van der Waals surface area contributed by atoms with Gasteiger partial charge in [-0.25, -0.2) is 9.78 Å². The second-order valence-electron chi connectivity index (χ2n) is 8.97. The van der Waals surface area contributed by atoms with E-state index in [2.05, 4.69) is 10.3 Å². The van der Waals surface area contributed by atoms with Gasteiger partial charge < -0.3 is 25.1 Å². The number of carbonyl (C=O) groups is 2. The van der Waals surface area contributed by atoms with Crippen LogP contribution >= 0.6 is 0 Å². The summed E-state index contributed by atoms with van der Waals surface area (Å²) in [6, 6.07) is 4.94. The van der Waals surface area contributed by atoms with Crippen LogP contribution in [0, 0.1) is 0 Å². The fourth-order valence-electron chi connectivity index (χ4n) is 2.54. The Labute approximate surface area is 172 Å². The molecule has 2 amide bonds. The van der Waals surface area contributed by atoms with Gasteiger partial charge in [0.1, 0.15) is 11.3 Å². The molecule has 9 heteroatoms. The molecule has 0 radical (unpaired) electrons. The van der Waals surface area contributed by atoms with Crippen LogP contribution in [0.25, 0.3) is 6.08 Å². The van der Waals surface area contributed by atoms with Gasteiger partial charge in [-0.2, -0.15) is 0 Å². The third-order valence-electron chi connectivity index (χ3n) is 4.75. The normalized spacial score (nSPS) is 18.4. The molecule has 8 nitrogen and oxygen atoms in total. The fourth-order valence-corrected chi connectivity index (χ4v) is 2.54. The van der Waals surface area contributed by atoms with E-state index in [-0.39, 0.29) is 12.2 Å². The van der Waals surface area contributed by atoms with Gasteiger partial charge in [0, 0.05) is 6.54 Å². The van der Waals surface area contributed by atoms with Crippen LogP contribution in [0.1, 0.15) is 64.6 Å². The molecule has 3 N–H and O–H groups in total. The fraction of sp³-hybridized carbons (Fsp3) is 0.550. The molecule has 1 aliphatic rings. The highest BCUT2D eigenvalue weighted by molar-refractivity contribution is 6.56. The van der Waals surface area contributed by atoms with Gasteiger partial charge in [0.2, 0.25) is 0 Å². The minimum Gasteiger partial charge on any atom is -0.444 e. The van der Waals surface area contributed by atoms with Crippen molar-refractivity contribution < 1.29 is 23.6 Å². The highest BCUT2D eigenvalue weighted by atomic mass is 16.7. The number of alkyl carbamates (subject to hydrolysis) is 1. The lowest BCUT2D eigenvalue weighted by atomic mass is 9.77. The molecule has 1 saturated heterocycles. The van der Waals surface area contributed by atoms with Crippen molar-refractivity contribution in [3.05, 3.63) is 35.1 Å². The number of nitrogens with zero attached hydrogens (tertiary/aromatic N) is 1. The first-order valence-corrected chi connectivity index (χ1v) is 9.50. The van der Waals surface area contributed by atoms with Crippen molar-refractivity contribution in [2.45, 2.75) is 65.3 Å². The van der Waals surface area contributed by atoms with Crippen molar-refractivity contribution in [1.82, 2.24) is 10.3 Å². The molecule has 29 heavy (non-hydrogen) atoms. The van der Waals surface area contributed by atoms with E-state index in [0.29, 0.717) is 11.2 Å². The highest BCUT2D eigenvalue weighted by Crippen LogP contribution is 2.38. The molecule has 158 valence electrons. The van der Waals surface area contributed by atoms with E-state index in [0.717, 1.165) is 0 Å². The first kappa shape index (κ1) is 22.9. The van der Waals surface area contributed by atoms with Crippen LogP contribution in [0.4, 0.5) is 4.79 Å². The zero-order valence-electron chi connectivity index (χ0n) is 18.2. The van der Waals surface area contributed by atoms with Gasteiger partial charge >= 0.3 is 13.2 Å². The minimum absolute atomic E-state index is 0.119. The average molecular weight is 403 g/mol. The molecule has 1 aromatic heterocycles. The highest BCUT2D eigenvalue weighted by Gasteiger charge is 2.52. The maximum atomic E-state index is 12.1. The number of nitrogens with one attached hydrogen (secondary N) is 1. The van der Waals surface area contributed by atoms with Crippen molar-refractivity contribution in [3.8, 4) is 0 Å². The predicted octanol–water partition coefficient (Wildman–Crippen LogP) is 2.72. The number of amides is 2. The summed E-state index contributed by atoms with van der Waals surface area (Å²) in [5.74, 6) is -0.621. The van der Waals surface area contributed by atoms with E-state index in [4.69, 9.17) is 19.8 Å². The van der Waals surface area contributed by atoms with Crippen molar-refractivity contribution in [3.63, 3.8) is 0 Å². The van der Waals surface area contributed by atoms with E-state index in [9.17, 15) is 9.59 Å². The van der Waals surface area contributed by atoms with E-state index in [1.165, 1.54) is 6.07 Å². The Balaban J connectivity index is 2.30. The van der Waals surface area contributed by atoms with E-state index >= 15 is 0 Å². The van der Waals surface area contributed by atoms with Crippen LogP contribution in [-0.2, 0) is 14.0 Å². The van der Waals surface area contributed by atoms with Crippen molar-refractivity contribution in [2.24, 2.45) is 5.73 Å². The number of ether oxygens (including phenoxy) is 1. The molecule has 0 unspecified atom stereocenters. The lowest BCUT2D eigenvalue weighted by Gasteiger charge is -2.32. The largest absolute Gasteiger partial charge is 0.492 e. The summed E-state index contributed by atoms with van der Waals surface area (Å²) in [6.07, 6.45) is 1.16. The van der Waals surface area contributed by atoms with Gasteiger partial charge in [-0.3, -0.25) is 4.79 Å². The number of hydrogen-bond acceptors (Lipinski definition) is 6. The van der Waals surface area contributed by atoms with Gasteiger partial charge in [0.15, 0.2) is 0 Å². The van der Waals surface area contributed by atoms with Crippen LogP contribution < -0.4 is 11.1 Å². The molecule has 0 aromatic carbocycles.